The zero-order valence-electron chi connectivity index (χ0n) is 26.3. The standard InChI is InChI=1S/C30H34B4F4N4O4/c1-27(2)28(3,4)46-34(45-27)18-13-22(35)21(15-44-30(31,32)33)23(14-18)42-11-9-19(10-12-42)40-26(39-16-43)20-7-8-24(29(36,37)38)41-25(20)17-5-6-17/h7-8,13-14,16-17,19H,5-6,9-12,15H2,1-4H3,(H,39,40,43). The van der Waals surface area contributed by atoms with E-state index in [2.05, 4.69) is 10.3 Å². The average molecular weight is 634 g/mol. The van der Waals surface area contributed by atoms with Crippen LogP contribution in [-0.4, -0.2) is 83.5 Å². The van der Waals surface area contributed by atoms with Crippen LogP contribution in [0.1, 0.15) is 81.8 Å². The molecule has 1 N–H and O–H groups in total. The zero-order valence-corrected chi connectivity index (χ0v) is 26.3. The lowest BCUT2D eigenvalue weighted by Crippen LogP contribution is -2.41. The number of ether oxygens (including phenoxy) is 1. The summed E-state index contributed by atoms with van der Waals surface area (Å²) in [6.07, 6.45) is -1.73. The second-order valence-corrected chi connectivity index (χ2v) is 13.1. The van der Waals surface area contributed by atoms with E-state index in [0.717, 1.165) is 6.07 Å². The van der Waals surface area contributed by atoms with Crippen molar-refractivity contribution in [2.45, 2.75) is 94.6 Å². The van der Waals surface area contributed by atoms with Gasteiger partial charge in [-0.1, -0.05) is 0 Å². The molecule has 5 rings (SSSR count). The fraction of sp³-hybridized carbons (Fsp3) is 0.567. The summed E-state index contributed by atoms with van der Waals surface area (Å²) in [6.45, 7) is 8.19. The van der Waals surface area contributed by atoms with Crippen molar-refractivity contribution < 1.29 is 36.4 Å². The molecule has 3 fully saturated rings. The van der Waals surface area contributed by atoms with E-state index in [-0.39, 0.29) is 35.7 Å². The number of halogens is 4. The third-order valence-electron chi connectivity index (χ3n) is 8.93. The Morgan fingerprint density at radius 3 is 2.28 bits per heavy atom. The predicted molar refractivity (Wildman–Crippen MR) is 169 cm³/mol. The van der Waals surface area contributed by atoms with Crippen LogP contribution in [0.25, 0.3) is 0 Å². The molecular weight excluding hydrogens is 600 g/mol. The lowest BCUT2D eigenvalue weighted by atomic mass is 9.52. The van der Waals surface area contributed by atoms with E-state index >= 15 is 4.39 Å². The number of anilines is 1. The van der Waals surface area contributed by atoms with Gasteiger partial charge in [0, 0.05) is 35.8 Å². The minimum atomic E-state index is -4.59. The van der Waals surface area contributed by atoms with Crippen LogP contribution in [0.5, 0.6) is 0 Å². The maximum absolute atomic E-state index is 15.7. The van der Waals surface area contributed by atoms with Crippen LogP contribution < -0.4 is 15.7 Å². The first kappa shape index (κ1) is 34.5. The summed E-state index contributed by atoms with van der Waals surface area (Å²) in [6, 6.07) is 5.05. The van der Waals surface area contributed by atoms with E-state index in [4.69, 9.17) is 42.6 Å². The summed E-state index contributed by atoms with van der Waals surface area (Å²) in [5.74, 6) is -0.532. The Hall–Kier alpha value is -2.83. The second kappa shape index (κ2) is 12.6. The van der Waals surface area contributed by atoms with Crippen LogP contribution in [0.2, 0.25) is 0 Å². The summed E-state index contributed by atoms with van der Waals surface area (Å²) in [5, 5.41) is 0.593. The van der Waals surface area contributed by atoms with E-state index in [0.29, 0.717) is 61.9 Å². The predicted octanol–water partition coefficient (Wildman–Crippen LogP) is 3.21. The molecule has 2 aliphatic heterocycles. The first-order chi connectivity index (χ1) is 21.4. The van der Waals surface area contributed by atoms with Crippen molar-refractivity contribution >= 4 is 54.1 Å². The number of piperidine rings is 1. The smallest absolute Gasteiger partial charge is 0.399 e. The molecule has 8 nitrogen and oxygen atoms in total. The van der Waals surface area contributed by atoms with Gasteiger partial charge in [0.25, 0.3) is 0 Å². The Balaban J connectivity index is 1.40. The van der Waals surface area contributed by atoms with Crippen molar-refractivity contribution in [1.82, 2.24) is 10.3 Å². The highest BCUT2D eigenvalue weighted by atomic mass is 19.4. The van der Waals surface area contributed by atoms with Gasteiger partial charge in [0.1, 0.15) is 17.3 Å². The summed E-state index contributed by atoms with van der Waals surface area (Å²) in [7, 11) is 16.0. The quantitative estimate of drug-likeness (QED) is 0.150. The fourth-order valence-corrected chi connectivity index (χ4v) is 5.54. The number of amidine groups is 1. The third kappa shape index (κ3) is 7.65. The molecule has 1 aromatic carbocycles. The highest BCUT2D eigenvalue weighted by molar-refractivity contribution is 6.62. The average Bonchev–Trinajstić information content (AvgIpc) is 3.77. The van der Waals surface area contributed by atoms with Crippen molar-refractivity contribution in [3.8, 4) is 0 Å². The van der Waals surface area contributed by atoms with E-state index < -0.39 is 41.3 Å². The van der Waals surface area contributed by atoms with Crippen LogP contribution in [0, 0.1) is 5.82 Å². The molecule has 16 heteroatoms. The SMILES string of the molecule is [B]C([B])([B])OCc1c(F)cc(B2OC(C)(C)C(C)(C)O2)cc1N1CCC(N=C(NC=O)c2ccc(C(F)(F)F)nc2C2CC2)CC1. The van der Waals surface area contributed by atoms with E-state index in [1.54, 1.807) is 6.07 Å². The molecule has 1 saturated carbocycles. The monoisotopic (exact) mass is 634 g/mol. The zero-order chi connectivity index (χ0) is 33.7. The number of aromatic nitrogens is 1. The molecule has 1 aromatic heterocycles. The van der Waals surface area contributed by atoms with Gasteiger partial charge in [-0.3, -0.25) is 9.79 Å². The van der Waals surface area contributed by atoms with Crippen molar-refractivity contribution in [1.29, 1.82) is 0 Å². The highest BCUT2D eigenvalue weighted by Gasteiger charge is 2.52. The molecule has 0 spiro atoms. The van der Waals surface area contributed by atoms with Gasteiger partial charge in [0.15, 0.2) is 0 Å². The van der Waals surface area contributed by atoms with Crippen LogP contribution in [0.4, 0.5) is 23.2 Å². The number of nitrogens with one attached hydrogen (secondary N) is 1. The van der Waals surface area contributed by atoms with Crippen LogP contribution in [-0.2, 0) is 31.6 Å². The van der Waals surface area contributed by atoms with Gasteiger partial charge in [-0.2, -0.15) is 13.2 Å². The van der Waals surface area contributed by atoms with Crippen molar-refractivity contribution in [3.05, 3.63) is 52.6 Å². The summed E-state index contributed by atoms with van der Waals surface area (Å²) < 4.78 is 73.6. The van der Waals surface area contributed by atoms with E-state index in [1.807, 2.05) is 32.6 Å². The van der Waals surface area contributed by atoms with Gasteiger partial charge >= 0.3 is 13.3 Å². The minimum absolute atomic E-state index is 0.126. The number of alkyl halides is 3. The van der Waals surface area contributed by atoms with Gasteiger partial charge in [-0.25, -0.2) is 9.37 Å². The van der Waals surface area contributed by atoms with Crippen LogP contribution in [0.15, 0.2) is 29.3 Å². The number of nitrogens with zero attached hydrogens (tertiary/aromatic N) is 3. The Morgan fingerprint density at radius 1 is 1.11 bits per heavy atom. The van der Waals surface area contributed by atoms with E-state index in [9.17, 15) is 18.0 Å². The number of pyridine rings is 1. The maximum Gasteiger partial charge on any atom is 0.495 e. The van der Waals surface area contributed by atoms with Crippen molar-refractivity contribution in [2.75, 3.05) is 18.0 Å². The number of carbonyl (C=O) groups excluding carboxylic acids is 1. The van der Waals surface area contributed by atoms with Crippen LogP contribution >= 0.6 is 0 Å². The molecule has 6 radical (unpaired) electrons. The summed E-state index contributed by atoms with van der Waals surface area (Å²) in [5.41, 5.74) is -0.421. The third-order valence-corrected chi connectivity index (χ3v) is 8.93. The van der Waals surface area contributed by atoms with Gasteiger partial charge in [0.2, 0.25) is 6.41 Å². The van der Waals surface area contributed by atoms with Gasteiger partial charge in [-0.15, -0.1) is 0 Å². The van der Waals surface area contributed by atoms with Gasteiger partial charge < -0.3 is 24.3 Å². The second-order valence-electron chi connectivity index (χ2n) is 13.1. The molecule has 46 heavy (non-hydrogen) atoms. The fourth-order valence-electron chi connectivity index (χ4n) is 5.54. The number of rotatable bonds is 9. The molecule has 3 heterocycles. The first-order valence-corrected chi connectivity index (χ1v) is 15.2. The molecular formula is C30H34B4F4N4O4. The number of hydrogen-bond donors (Lipinski definition) is 1. The van der Waals surface area contributed by atoms with Crippen LogP contribution in [0.3, 0.4) is 0 Å². The number of carbonyl (C=O) groups is 1. The summed E-state index contributed by atoms with van der Waals surface area (Å²) in [4.78, 5) is 22.1. The summed E-state index contributed by atoms with van der Waals surface area (Å²) >= 11 is 0. The molecule has 0 bridgehead atoms. The molecule has 0 unspecified atom stereocenters. The largest absolute Gasteiger partial charge is 0.495 e. The Morgan fingerprint density at radius 2 is 1.74 bits per heavy atom. The molecule has 0 atom stereocenters. The topological polar surface area (TPSA) is 85.3 Å². The molecule has 1 aliphatic carbocycles. The molecule has 2 saturated heterocycles. The van der Waals surface area contributed by atoms with Gasteiger partial charge in [-0.05, 0) is 88.4 Å². The minimum Gasteiger partial charge on any atom is -0.399 e. The normalized spacial score (nSPS) is 20.7. The number of aliphatic imine (C=N–C) groups is 1. The van der Waals surface area contributed by atoms with E-state index in [1.165, 1.54) is 12.1 Å². The molecule has 238 valence electrons. The Labute approximate surface area is 270 Å². The Bertz CT molecular complexity index is 1470. The molecule has 2 aromatic rings. The molecule has 1 amide bonds. The lowest BCUT2D eigenvalue weighted by molar-refractivity contribution is -0.141. The maximum atomic E-state index is 15.7. The Kier molecular flexibility index (Phi) is 9.49. The lowest BCUT2D eigenvalue weighted by Gasteiger charge is -2.35. The molecule has 3 aliphatic rings. The van der Waals surface area contributed by atoms with Crippen molar-refractivity contribution in [3.63, 3.8) is 0 Å². The van der Waals surface area contributed by atoms with Crippen molar-refractivity contribution in [2.24, 2.45) is 4.99 Å². The first-order valence-electron chi connectivity index (χ1n) is 15.2. The number of amides is 1. The number of hydrogen-bond acceptors (Lipinski definition) is 7. The highest BCUT2D eigenvalue weighted by Crippen LogP contribution is 2.42. The number of benzene rings is 1. The van der Waals surface area contributed by atoms with Gasteiger partial charge in [0.05, 0.1) is 53.1 Å².